The summed E-state index contributed by atoms with van der Waals surface area (Å²) in [6.45, 7) is 7.05. The van der Waals surface area contributed by atoms with Gasteiger partial charge in [-0.25, -0.2) is 0 Å². The van der Waals surface area contributed by atoms with Gasteiger partial charge in [0.25, 0.3) is 0 Å². The Morgan fingerprint density at radius 2 is 1.57 bits per heavy atom. The van der Waals surface area contributed by atoms with Crippen molar-refractivity contribution in [3.8, 4) is 11.3 Å². The first kappa shape index (κ1) is 19.1. The minimum atomic E-state index is 0.238. The van der Waals surface area contributed by atoms with Gasteiger partial charge < -0.3 is 4.90 Å². The molecule has 148 valence electrons. The molecule has 28 heavy (non-hydrogen) atoms. The highest BCUT2D eigenvalue weighted by atomic mass is 16.2. The predicted molar refractivity (Wildman–Crippen MR) is 113 cm³/mol. The molecule has 1 amide bonds. The van der Waals surface area contributed by atoms with Crippen molar-refractivity contribution >= 4 is 5.91 Å². The second-order valence-electron chi connectivity index (χ2n) is 8.37. The Morgan fingerprint density at radius 3 is 2.14 bits per heavy atom. The summed E-state index contributed by atoms with van der Waals surface area (Å²) in [4.78, 5) is 20.6. The lowest BCUT2D eigenvalue weighted by atomic mass is 9.78. The van der Waals surface area contributed by atoms with Gasteiger partial charge in [0.2, 0.25) is 5.91 Å². The van der Waals surface area contributed by atoms with Crippen LogP contribution >= 0.6 is 0 Å². The zero-order valence-electron chi connectivity index (χ0n) is 16.9. The summed E-state index contributed by atoms with van der Waals surface area (Å²) in [5.41, 5.74) is 3.60. The fourth-order valence-corrected chi connectivity index (χ4v) is 4.84. The first-order chi connectivity index (χ1) is 13.7. The van der Waals surface area contributed by atoms with Gasteiger partial charge in [-0.3, -0.25) is 14.7 Å². The number of nitrogens with zero attached hydrogens (tertiary/aromatic N) is 3. The van der Waals surface area contributed by atoms with E-state index >= 15 is 0 Å². The first-order valence-corrected chi connectivity index (χ1v) is 10.7. The predicted octanol–water partition coefficient (Wildman–Crippen LogP) is 4.22. The number of hydrogen-bond donors (Lipinski definition) is 0. The van der Waals surface area contributed by atoms with Gasteiger partial charge in [0.15, 0.2) is 0 Å². The molecule has 2 aromatic rings. The van der Waals surface area contributed by atoms with Crippen LogP contribution in [0, 0.1) is 11.8 Å². The summed E-state index contributed by atoms with van der Waals surface area (Å²) in [7, 11) is 0. The number of likely N-dealkylation sites (tertiary alicyclic amines) is 2. The van der Waals surface area contributed by atoms with Crippen LogP contribution in [0.2, 0.25) is 0 Å². The molecule has 0 unspecified atom stereocenters. The molecule has 4 nitrogen and oxygen atoms in total. The third kappa shape index (κ3) is 4.61. The third-order valence-electron chi connectivity index (χ3n) is 6.60. The quantitative estimate of drug-likeness (QED) is 0.800. The molecule has 0 bridgehead atoms. The van der Waals surface area contributed by atoms with E-state index in [2.05, 4.69) is 40.2 Å². The molecule has 4 rings (SSSR count). The summed E-state index contributed by atoms with van der Waals surface area (Å²) >= 11 is 0. The average molecular weight is 378 g/mol. The van der Waals surface area contributed by atoms with E-state index in [4.69, 9.17) is 0 Å². The molecule has 0 saturated carbocycles. The van der Waals surface area contributed by atoms with Gasteiger partial charge in [-0.15, -0.1) is 0 Å². The Hall–Kier alpha value is -2.20. The maximum absolute atomic E-state index is 11.5. The molecule has 0 aliphatic carbocycles. The van der Waals surface area contributed by atoms with E-state index in [0.717, 1.165) is 37.2 Å². The van der Waals surface area contributed by atoms with Crippen molar-refractivity contribution in [1.29, 1.82) is 0 Å². The Bertz CT molecular complexity index is 758. The second-order valence-corrected chi connectivity index (χ2v) is 8.37. The van der Waals surface area contributed by atoms with Crippen LogP contribution in [0.25, 0.3) is 11.3 Å². The number of pyridine rings is 1. The van der Waals surface area contributed by atoms with E-state index in [1.54, 1.807) is 6.92 Å². The van der Waals surface area contributed by atoms with Crippen molar-refractivity contribution in [1.82, 2.24) is 14.8 Å². The van der Waals surface area contributed by atoms with E-state index in [0.29, 0.717) is 0 Å². The molecule has 3 heterocycles. The summed E-state index contributed by atoms with van der Waals surface area (Å²) in [5.74, 6) is 1.90. The van der Waals surface area contributed by atoms with Crippen LogP contribution in [-0.2, 0) is 11.3 Å². The molecular weight excluding hydrogens is 346 g/mol. The second kappa shape index (κ2) is 8.87. The lowest BCUT2D eigenvalue weighted by Gasteiger charge is -2.40. The van der Waals surface area contributed by atoms with Gasteiger partial charge in [0.1, 0.15) is 0 Å². The summed E-state index contributed by atoms with van der Waals surface area (Å²) in [5, 5.41) is 0. The lowest BCUT2D eigenvalue weighted by Crippen LogP contribution is -2.42. The highest BCUT2D eigenvalue weighted by Gasteiger charge is 2.30. The molecule has 1 aromatic heterocycles. The van der Waals surface area contributed by atoms with Crippen molar-refractivity contribution in [3.05, 3.63) is 54.2 Å². The minimum Gasteiger partial charge on any atom is -0.343 e. The summed E-state index contributed by atoms with van der Waals surface area (Å²) in [6.07, 6.45) is 6.84. The summed E-state index contributed by atoms with van der Waals surface area (Å²) in [6, 6.07) is 14.9. The summed E-state index contributed by atoms with van der Waals surface area (Å²) < 4.78 is 0. The highest BCUT2D eigenvalue weighted by Crippen LogP contribution is 2.33. The van der Waals surface area contributed by atoms with Crippen molar-refractivity contribution in [2.24, 2.45) is 11.8 Å². The number of piperidine rings is 2. The van der Waals surface area contributed by atoms with E-state index in [9.17, 15) is 4.79 Å². The first-order valence-electron chi connectivity index (χ1n) is 10.7. The van der Waals surface area contributed by atoms with E-state index in [-0.39, 0.29) is 5.91 Å². The largest absolute Gasteiger partial charge is 0.343 e. The monoisotopic (exact) mass is 377 g/mol. The normalized spacial score (nSPS) is 19.7. The number of hydrogen-bond acceptors (Lipinski definition) is 3. The van der Waals surface area contributed by atoms with Crippen molar-refractivity contribution in [2.45, 2.75) is 39.2 Å². The molecule has 2 fully saturated rings. The van der Waals surface area contributed by atoms with Crippen molar-refractivity contribution in [2.75, 3.05) is 26.2 Å². The molecule has 0 spiro atoms. The van der Waals surface area contributed by atoms with Gasteiger partial charge in [-0.2, -0.15) is 0 Å². The maximum Gasteiger partial charge on any atom is 0.219 e. The van der Waals surface area contributed by atoms with Crippen LogP contribution < -0.4 is 0 Å². The van der Waals surface area contributed by atoms with Gasteiger partial charge >= 0.3 is 0 Å². The highest BCUT2D eigenvalue weighted by molar-refractivity contribution is 5.73. The van der Waals surface area contributed by atoms with Crippen LogP contribution in [0.4, 0.5) is 0 Å². The van der Waals surface area contributed by atoms with Crippen molar-refractivity contribution in [3.63, 3.8) is 0 Å². The molecular formula is C24H31N3O. The molecule has 2 saturated heterocycles. The Balaban J connectivity index is 1.25. The number of rotatable bonds is 4. The Kier molecular flexibility index (Phi) is 6.06. The number of amides is 1. The van der Waals surface area contributed by atoms with E-state index in [1.165, 1.54) is 49.9 Å². The molecule has 2 aliphatic rings. The molecule has 0 atom stereocenters. The fourth-order valence-electron chi connectivity index (χ4n) is 4.84. The van der Waals surface area contributed by atoms with Gasteiger partial charge in [0, 0.05) is 38.3 Å². The molecule has 0 N–H and O–H groups in total. The smallest absolute Gasteiger partial charge is 0.219 e. The topological polar surface area (TPSA) is 36.4 Å². The number of carbonyl (C=O) groups is 1. The molecule has 0 radical (unpaired) electrons. The molecule has 1 aromatic carbocycles. The van der Waals surface area contributed by atoms with Crippen LogP contribution in [0.3, 0.4) is 0 Å². The molecule has 2 aliphatic heterocycles. The SMILES string of the molecule is CC(=O)N1CCC(C2CCN(Cc3ccc(-c4ccccn4)cc3)CC2)CC1. The number of aromatic nitrogens is 1. The van der Waals surface area contributed by atoms with Gasteiger partial charge in [-0.1, -0.05) is 30.3 Å². The lowest BCUT2D eigenvalue weighted by molar-refractivity contribution is -0.130. The van der Waals surface area contributed by atoms with Crippen LogP contribution in [0.5, 0.6) is 0 Å². The van der Waals surface area contributed by atoms with Gasteiger partial charge in [0.05, 0.1) is 5.69 Å². The number of benzene rings is 1. The zero-order chi connectivity index (χ0) is 19.3. The maximum atomic E-state index is 11.5. The van der Waals surface area contributed by atoms with Crippen molar-refractivity contribution < 1.29 is 4.79 Å². The molecule has 4 heteroatoms. The van der Waals surface area contributed by atoms with E-state index < -0.39 is 0 Å². The van der Waals surface area contributed by atoms with E-state index in [1.807, 2.05) is 23.2 Å². The number of carbonyl (C=O) groups excluding carboxylic acids is 1. The Morgan fingerprint density at radius 1 is 0.929 bits per heavy atom. The fraction of sp³-hybridized carbons (Fsp3) is 0.500. The van der Waals surface area contributed by atoms with Crippen LogP contribution in [0.15, 0.2) is 48.7 Å². The standard InChI is InChI=1S/C24H31N3O/c1-19(28)27-16-11-22(12-17-27)21-9-14-26(15-10-21)18-20-5-7-23(8-6-20)24-4-2-3-13-25-24/h2-8,13,21-22H,9-12,14-18H2,1H3. The van der Waals surface area contributed by atoms with Gasteiger partial charge in [-0.05, 0) is 68.3 Å². The van der Waals surface area contributed by atoms with Crippen LogP contribution in [0.1, 0.15) is 38.2 Å². The third-order valence-corrected chi connectivity index (χ3v) is 6.60. The van der Waals surface area contributed by atoms with Crippen LogP contribution in [-0.4, -0.2) is 46.9 Å². The Labute approximate surface area is 168 Å². The minimum absolute atomic E-state index is 0.238. The average Bonchev–Trinajstić information content (AvgIpc) is 2.75. The zero-order valence-corrected chi connectivity index (χ0v) is 16.9.